The number of anilines is 1. The zero-order chi connectivity index (χ0) is 27.9. The van der Waals surface area contributed by atoms with Crippen molar-refractivity contribution in [2.45, 2.75) is 20.5 Å². The van der Waals surface area contributed by atoms with E-state index in [1.165, 1.54) is 18.2 Å². The van der Waals surface area contributed by atoms with E-state index in [0.29, 0.717) is 41.6 Å². The number of nitrogens with zero attached hydrogens (tertiary/aromatic N) is 2. The molecule has 0 aliphatic carbocycles. The number of nitrogens with one attached hydrogen (secondary N) is 1. The molecule has 0 aromatic heterocycles. The van der Waals surface area contributed by atoms with Gasteiger partial charge in [0, 0.05) is 12.1 Å². The third kappa shape index (κ3) is 6.21. The Kier molecular flexibility index (Phi) is 8.20. The van der Waals surface area contributed by atoms with Crippen molar-refractivity contribution in [1.82, 2.24) is 5.32 Å². The Bertz CT molecular complexity index is 1450. The highest BCUT2D eigenvalue weighted by Gasteiger charge is 2.36. The number of barbiturate groups is 1. The minimum atomic E-state index is -0.855. The van der Waals surface area contributed by atoms with Crippen LogP contribution in [-0.4, -0.2) is 36.0 Å². The van der Waals surface area contributed by atoms with Crippen LogP contribution in [0, 0.1) is 10.1 Å². The van der Waals surface area contributed by atoms with Gasteiger partial charge in [-0.15, -0.1) is 0 Å². The number of hydrogen-bond donors (Lipinski definition) is 1. The van der Waals surface area contributed by atoms with E-state index in [1.807, 2.05) is 6.92 Å². The van der Waals surface area contributed by atoms with Gasteiger partial charge in [0.1, 0.15) is 17.9 Å². The maximum absolute atomic E-state index is 13.2. The summed E-state index contributed by atoms with van der Waals surface area (Å²) in [6, 6.07) is 16.4. The molecule has 1 heterocycles. The third-order valence-corrected chi connectivity index (χ3v) is 5.60. The molecule has 0 bridgehead atoms. The van der Waals surface area contributed by atoms with Gasteiger partial charge in [-0.25, -0.2) is 9.69 Å². The topological polar surface area (TPSA) is 137 Å². The summed E-state index contributed by atoms with van der Waals surface area (Å²) in [6.07, 6.45) is 1.36. The van der Waals surface area contributed by atoms with Crippen molar-refractivity contribution in [2.75, 3.05) is 18.1 Å². The number of benzene rings is 3. The minimum absolute atomic E-state index is 0.0451. The molecular weight excluding hydrogens is 506 g/mol. The van der Waals surface area contributed by atoms with Crippen molar-refractivity contribution in [3.05, 3.63) is 93.5 Å². The molecule has 200 valence electrons. The average Bonchev–Trinajstić information content (AvgIpc) is 2.92. The Balaban J connectivity index is 1.58. The van der Waals surface area contributed by atoms with Crippen LogP contribution in [0.5, 0.6) is 17.2 Å². The van der Waals surface area contributed by atoms with Crippen molar-refractivity contribution in [2.24, 2.45) is 0 Å². The number of carbonyl (C=O) groups excluding carboxylic acids is 3. The normalized spacial score (nSPS) is 14.3. The van der Waals surface area contributed by atoms with Crippen molar-refractivity contribution in [3.8, 4) is 17.2 Å². The SMILES string of the molecule is CCOc1ccc(N2C(=O)NC(=O)/C(=C\c3ccc(OCc4cccc([N+](=O)[O-])c4)c(OCC)c3)C2=O)cc1. The summed E-state index contributed by atoms with van der Waals surface area (Å²) < 4.78 is 16.9. The van der Waals surface area contributed by atoms with Crippen LogP contribution >= 0.6 is 0 Å². The second kappa shape index (κ2) is 11.9. The molecule has 1 N–H and O–H groups in total. The van der Waals surface area contributed by atoms with Gasteiger partial charge in [0.05, 0.1) is 23.8 Å². The van der Waals surface area contributed by atoms with Gasteiger partial charge in [-0.2, -0.15) is 0 Å². The molecule has 11 nitrogen and oxygen atoms in total. The molecule has 0 atom stereocenters. The summed E-state index contributed by atoms with van der Waals surface area (Å²) in [5.41, 5.74) is 1.05. The Morgan fingerprint density at radius 2 is 1.64 bits per heavy atom. The van der Waals surface area contributed by atoms with E-state index in [1.54, 1.807) is 61.5 Å². The lowest BCUT2D eigenvalue weighted by atomic mass is 10.1. The Morgan fingerprint density at radius 1 is 0.897 bits per heavy atom. The fraction of sp³-hybridized carbons (Fsp3) is 0.179. The Labute approximate surface area is 223 Å². The van der Waals surface area contributed by atoms with Crippen molar-refractivity contribution in [3.63, 3.8) is 0 Å². The number of nitro benzene ring substituents is 1. The molecule has 11 heteroatoms. The molecule has 1 aliphatic heterocycles. The van der Waals surface area contributed by atoms with Gasteiger partial charge in [-0.3, -0.25) is 25.0 Å². The molecular formula is C28H25N3O8. The van der Waals surface area contributed by atoms with Gasteiger partial charge in [0.15, 0.2) is 11.5 Å². The summed E-state index contributed by atoms with van der Waals surface area (Å²) in [4.78, 5) is 49.7. The number of urea groups is 1. The van der Waals surface area contributed by atoms with Crippen LogP contribution in [-0.2, 0) is 16.2 Å². The number of imide groups is 2. The van der Waals surface area contributed by atoms with Gasteiger partial charge < -0.3 is 14.2 Å². The molecule has 1 fully saturated rings. The molecule has 0 saturated carbocycles. The van der Waals surface area contributed by atoms with Crippen LogP contribution in [0.2, 0.25) is 0 Å². The number of non-ortho nitro benzene ring substituents is 1. The maximum Gasteiger partial charge on any atom is 0.335 e. The lowest BCUT2D eigenvalue weighted by molar-refractivity contribution is -0.384. The van der Waals surface area contributed by atoms with Crippen LogP contribution in [0.4, 0.5) is 16.2 Å². The summed E-state index contributed by atoms with van der Waals surface area (Å²) in [6.45, 7) is 4.46. The standard InChI is InChI=1S/C28H25N3O8/c1-3-37-22-11-9-20(10-12-22)30-27(33)23(26(32)29-28(30)34)15-18-8-13-24(25(16-18)38-4-2)39-17-19-6-5-7-21(14-19)31(35)36/h5-16H,3-4,17H2,1-2H3,(H,29,32,34)/b23-15+. The third-order valence-electron chi connectivity index (χ3n) is 5.60. The van der Waals surface area contributed by atoms with Gasteiger partial charge in [-0.05, 0) is 67.4 Å². The lowest BCUT2D eigenvalue weighted by Gasteiger charge is -2.26. The second-order valence-corrected chi connectivity index (χ2v) is 8.24. The highest BCUT2D eigenvalue weighted by atomic mass is 16.6. The van der Waals surface area contributed by atoms with E-state index in [4.69, 9.17) is 14.2 Å². The van der Waals surface area contributed by atoms with Gasteiger partial charge >= 0.3 is 6.03 Å². The highest BCUT2D eigenvalue weighted by Crippen LogP contribution is 2.31. The van der Waals surface area contributed by atoms with Crippen LogP contribution in [0.3, 0.4) is 0 Å². The predicted octanol–water partition coefficient (Wildman–Crippen LogP) is 4.64. The van der Waals surface area contributed by atoms with E-state index < -0.39 is 22.8 Å². The van der Waals surface area contributed by atoms with Gasteiger partial charge in [0.2, 0.25) is 0 Å². The van der Waals surface area contributed by atoms with Crippen LogP contribution < -0.4 is 24.4 Å². The summed E-state index contributed by atoms with van der Waals surface area (Å²) >= 11 is 0. The molecule has 0 spiro atoms. The number of ether oxygens (including phenoxy) is 3. The second-order valence-electron chi connectivity index (χ2n) is 8.24. The molecule has 0 unspecified atom stereocenters. The zero-order valence-corrected chi connectivity index (χ0v) is 21.2. The number of carbonyl (C=O) groups is 3. The van der Waals surface area contributed by atoms with E-state index in [-0.39, 0.29) is 23.6 Å². The molecule has 3 aromatic rings. The molecule has 4 amide bonds. The molecule has 1 saturated heterocycles. The first kappa shape index (κ1) is 26.9. The number of amides is 4. The first-order valence-electron chi connectivity index (χ1n) is 12.1. The summed E-state index contributed by atoms with van der Waals surface area (Å²) in [7, 11) is 0. The predicted molar refractivity (Wildman–Crippen MR) is 142 cm³/mol. The first-order chi connectivity index (χ1) is 18.8. The minimum Gasteiger partial charge on any atom is -0.494 e. The lowest BCUT2D eigenvalue weighted by Crippen LogP contribution is -2.54. The highest BCUT2D eigenvalue weighted by molar-refractivity contribution is 6.39. The van der Waals surface area contributed by atoms with E-state index in [9.17, 15) is 24.5 Å². The van der Waals surface area contributed by atoms with Gasteiger partial charge in [0.25, 0.3) is 17.5 Å². The Hall–Kier alpha value is -5.19. The number of rotatable bonds is 10. The monoisotopic (exact) mass is 531 g/mol. The molecule has 0 radical (unpaired) electrons. The summed E-state index contributed by atoms with van der Waals surface area (Å²) in [5, 5.41) is 13.2. The molecule has 3 aromatic carbocycles. The molecule has 4 rings (SSSR count). The quantitative estimate of drug-likeness (QED) is 0.173. The van der Waals surface area contributed by atoms with Crippen molar-refractivity contribution >= 4 is 35.3 Å². The number of hydrogen-bond acceptors (Lipinski definition) is 8. The number of nitro groups is 1. The fourth-order valence-corrected chi connectivity index (χ4v) is 3.84. The van der Waals surface area contributed by atoms with Crippen molar-refractivity contribution in [1.29, 1.82) is 0 Å². The van der Waals surface area contributed by atoms with Gasteiger partial charge in [-0.1, -0.05) is 18.2 Å². The van der Waals surface area contributed by atoms with Crippen LogP contribution in [0.15, 0.2) is 72.3 Å². The molecule has 1 aliphatic rings. The van der Waals surface area contributed by atoms with Crippen molar-refractivity contribution < 1.29 is 33.5 Å². The average molecular weight is 532 g/mol. The fourth-order valence-electron chi connectivity index (χ4n) is 3.84. The maximum atomic E-state index is 13.2. The Morgan fingerprint density at radius 3 is 2.33 bits per heavy atom. The van der Waals surface area contributed by atoms with E-state index >= 15 is 0 Å². The smallest absolute Gasteiger partial charge is 0.335 e. The summed E-state index contributed by atoms with van der Waals surface area (Å²) in [5.74, 6) is -0.307. The van der Waals surface area contributed by atoms with Crippen LogP contribution in [0.1, 0.15) is 25.0 Å². The van der Waals surface area contributed by atoms with Crippen LogP contribution in [0.25, 0.3) is 6.08 Å². The zero-order valence-electron chi connectivity index (χ0n) is 21.2. The molecule has 39 heavy (non-hydrogen) atoms. The largest absolute Gasteiger partial charge is 0.494 e. The van der Waals surface area contributed by atoms with E-state index in [0.717, 1.165) is 4.90 Å². The first-order valence-corrected chi connectivity index (χ1v) is 12.1. The van der Waals surface area contributed by atoms with E-state index in [2.05, 4.69) is 5.32 Å².